The Kier molecular flexibility index (Phi) is 8.00. The quantitative estimate of drug-likeness (QED) is 0.208. The SMILES string of the molecule is CCCCCc1cc2cc(N(CCCC)Cc3cncn3Cc3ccccc3)ccc2s1. The fraction of sp³-hybridized carbons (Fsp3) is 0.393. The molecule has 4 rings (SSSR count). The third-order valence-electron chi connectivity index (χ3n) is 6.07. The molecule has 3 nitrogen and oxygen atoms in total. The molecule has 0 saturated heterocycles. The Labute approximate surface area is 196 Å². The monoisotopic (exact) mass is 445 g/mol. The number of rotatable bonds is 12. The van der Waals surface area contributed by atoms with E-state index in [-0.39, 0.29) is 0 Å². The molecule has 0 aliphatic carbocycles. The van der Waals surface area contributed by atoms with E-state index in [0.29, 0.717) is 0 Å². The largest absolute Gasteiger partial charge is 0.366 e. The van der Waals surface area contributed by atoms with E-state index in [0.717, 1.165) is 19.6 Å². The van der Waals surface area contributed by atoms with E-state index < -0.39 is 0 Å². The molecule has 0 amide bonds. The summed E-state index contributed by atoms with van der Waals surface area (Å²) in [4.78, 5) is 8.52. The average molecular weight is 446 g/mol. The van der Waals surface area contributed by atoms with E-state index >= 15 is 0 Å². The zero-order chi connectivity index (χ0) is 22.2. The number of unbranched alkanes of at least 4 members (excludes halogenated alkanes) is 3. The summed E-state index contributed by atoms with van der Waals surface area (Å²) < 4.78 is 3.69. The van der Waals surface area contributed by atoms with Gasteiger partial charge in [-0.05, 0) is 54.5 Å². The lowest BCUT2D eigenvalue weighted by molar-refractivity contribution is 0.672. The van der Waals surface area contributed by atoms with Gasteiger partial charge in [-0.25, -0.2) is 4.98 Å². The van der Waals surface area contributed by atoms with Crippen LogP contribution in [0.5, 0.6) is 0 Å². The third kappa shape index (κ3) is 5.80. The molecule has 4 aromatic rings. The second-order valence-electron chi connectivity index (χ2n) is 8.67. The predicted octanol–water partition coefficient (Wildman–Crippen LogP) is 7.69. The second kappa shape index (κ2) is 11.3. The zero-order valence-electron chi connectivity index (χ0n) is 19.5. The number of fused-ring (bicyclic) bond motifs is 1. The third-order valence-corrected chi connectivity index (χ3v) is 7.25. The highest BCUT2D eigenvalue weighted by molar-refractivity contribution is 7.19. The van der Waals surface area contributed by atoms with Crippen LogP contribution in [0.4, 0.5) is 5.69 Å². The van der Waals surface area contributed by atoms with Crippen molar-refractivity contribution in [3.8, 4) is 0 Å². The lowest BCUT2D eigenvalue weighted by Gasteiger charge is -2.25. The van der Waals surface area contributed by atoms with Crippen molar-refractivity contribution >= 4 is 27.1 Å². The van der Waals surface area contributed by atoms with Gasteiger partial charge in [-0.2, -0.15) is 0 Å². The Morgan fingerprint density at radius 1 is 0.938 bits per heavy atom. The number of hydrogen-bond donors (Lipinski definition) is 0. The number of benzene rings is 2. The van der Waals surface area contributed by atoms with Crippen molar-refractivity contribution in [2.24, 2.45) is 0 Å². The van der Waals surface area contributed by atoms with Crippen LogP contribution >= 0.6 is 11.3 Å². The normalized spacial score (nSPS) is 11.3. The molecule has 0 bridgehead atoms. The van der Waals surface area contributed by atoms with E-state index in [4.69, 9.17) is 0 Å². The maximum Gasteiger partial charge on any atom is 0.0951 e. The molecule has 168 valence electrons. The van der Waals surface area contributed by atoms with E-state index in [9.17, 15) is 0 Å². The summed E-state index contributed by atoms with van der Waals surface area (Å²) in [6.07, 6.45) is 11.5. The number of aryl methyl sites for hydroxylation is 1. The molecular weight excluding hydrogens is 410 g/mol. The van der Waals surface area contributed by atoms with Crippen molar-refractivity contribution < 1.29 is 0 Å². The highest BCUT2D eigenvalue weighted by Crippen LogP contribution is 2.31. The minimum Gasteiger partial charge on any atom is -0.366 e. The Morgan fingerprint density at radius 2 is 1.78 bits per heavy atom. The summed E-state index contributed by atoms with van der Waals surface area (Å²) in [5.74, 6) is 0. The van der Waals surface area contributed by atoms with Gasteiger partial charge in [0.1, 0.15) is 0 Å². The van der Waals surface area contributed by atoms with Crippen molar-refractivity contribution in [1.82, 2.24) is 9.55 Å². The first-order valence-corrected chi connectivity index (χ1v) is 12.9. The van der Waals surface area contributed by atoms with Gasteiger partial charge in [-0.15, -0.1) is 11.3 Å². The molecule has 0 spiro atoms. The average Bonchev–Trinajstić information content (AvgIpc) is 3.43. The molecule has 0 aliphatic rings. The van der Waals surface area contributed by atoms with Gasteiger partial charge in [0.05, 0.1) is 18.6 Å². The number of hydrogen-bond acceptors (Lipinski definition) is 3. The molecule has 0 aliphatic heterocycles. The summed E-state index contributed by atoms with van der Waals surface area (Å²) in [5.41, 5.74) is 3.88. The Balaban J connectivity index is 1.53. The van der Waals surface area contributed by atoms with Crippen LogP contribution in [0, 0.1) is 0 Å². The molecule has 2 aromatic carbocycles. The lowest BCUT2D eigenvalue weighted by Crippen LogP contribution is -2.25. The molecule has 4 heteroatoms. The number of nitrogens with zero attached hydrogens (tertiary/aromatic N) is 3. The maximum atomic E-state index is 4.47. The first kappa shape index (κ1) is 22.6. The van der Waals surface area contributed by atoms with E-state index in [1.165, 1.54) is 70.4 Å². The molecule has 0 saturated carbocycles. The second-order valence-corrected chi connectivity index (χ2v) is 9.83. The van der Waals surface area contributed by atoms with Crippen LogP contribution in [-0.4, -0.2) is 16.1 Å². The summed E-state index contributed by atoms with van der Waals surface area (Å²) >= 11 is 1.96. The highest BCUT2D eigenvalue weighted by atomic mass is 32.1. The van der Waals surface area contributed by atoms with Crippen LogP contribution in [0.2, 0.25) is 0 Å². The number of aromatic nitrogens is 2. The van der Waals surface area contributed by atoms with Crippen LogP contribution in [-0.2, 0) is 19.5 Å². The topological polar surface area (TPSA) is 21.1 Å². The van der Waals surface area contributed by atoms with E-state index in [2.05, 4.69) is 82.9 Å². The Morgan fingerprint density at radius 3 is 2.59 bits per heavy atom. The lowest BCUT2D eigenvalue weighted by atomic mass is 10.1. The minimum absolute atomic E-state index is 0.864. The fourth-order valence-electron chi connectivity index (χ4n) is 4.20. The molecule has 2 aromatic heterocycles. The van der Waals surface area contributed by atoms with Crippen LogP contribution in [0.15, 0.2) is 67.1 Å². The van der Waals surface area contributed by atoms with Gasteiger partial charge in [0, 0.05) is 34.6 Å². The molecule has 0 N–H and O–H groups in total. The summed E-state index contributed by atoms with van der Waals surface area (Å²) in [6.45, 7) is 7.34. The Bertz CT molecular complexity index is 1100. The van der Waals surface area contributed by atoms with Gasteiger partial charge in [0.15, 0.2) is 0 Å². The highest BCUT2D eigenvalue weighted by Gasteiger charge is 2.13. The van der Waals surface area contributed by atoms with Crippen LogP contribution in [0.25, 0.3) is 10.1 Å². The number of imidazole rings is 1. The van der Waals surface area contributed by atoms with Crippen molar-refractivity contribution in [2.75, 3.05) is 11.4 Å². The first-order chi connectivity index (χ1) is 15.8. The van der Waals surface area contributed by atoms with Crippen LogP contribution < -0.4 is 4.90 Å². The van der Waals surface area contributed by atoms with Gasteiger partial charge < -0.3 is 9.47 Å². The van der Waals surface area contributed by atoms with Gasteiger partial charge >= 0.3 is 0 Å². The summed E-state index contributed by atoms with van der Waals surface area (Å²) in [5, 5.41) is 1.39. The number of thiophene rings is 1. The van der Waals surface area contributed by atoms with Gasteiger partial charge in [-0.3, -0.25) is 0 Å². The number of anilines is 1. The van der Waals surface area contributed by atoms with E-state index in [1.54, 1.807) is 0 Å². The molecule has 2 heterocycles. The van der Waals surface area contributed by atoms with Crippen molar-refractivity contribution in [3.63, 3.8) is 0 Å². The summed E-state index contributed by atoms with van der Waals surface area (Å²) in [6, 6.07) is 20.1. The predicted molar refractivity (Wildman–Crippen MR) is 139 cm³/mol. The minimum atomic E-state index is 0.864. The van der Waals surface area contributed by atoms with Gasteiger partial charge in [-0.1, -0.05) is 63.4 Å². The first-order valence-electron chi connectivity index (χ1n) is 12.1. The van der Waals surface area contributed by atoms with Crippen molar-refractivity contribution in [2.45, 2.75) is 65.5 Å². The smallest absolute Gasteiger partial charge is 0.0951 e. The molecule has 32 heavy (non-hydrogen) atoms. The van der Waals surface area contributed by atoms with Crippen LogP contribution in [0.3, 0.4) is 0 Å². The molecule has 0 unspecified atom stereocenters. The van der Waals surface area contributed by atoms with Crippen molar-refractivity contribution in [1.29, 1.82) is 0 Å². The molecular formula is C28H35N3S. The summed E-state index contributed by atoms with van der Waals surface area (Å²) in [7, 11) is 0. The fourth-order valence-corrected chi connectivity index (χ4v) is 5.29. The van der Waals surface area contributed by atoms with Gasteiger partial charge in [0.2, 0.25) is 0 Å². The Hall–Kier alpha value is -2.59. The maximum absolute atomic E-state index is 4.47. The van der Waals surface area contributed by atoms with E-state index in [1.807, 2.05) is 23.9 Å². The molecule has 0 atom stereocenters. The molecule has 0 radical (unpaired) electrons. The molecule has 0 fully saturated rings. The zero-order valence-corrected chi connectivity index (χ0v) is 20.3. The van der Waals surface area contributed by atoms with Crippen molar-refractivity contribution in [3.05, 3.63) is 83.3 Å². The van der Waals surface area contributed by atoms with Crippen LogP contribution in [0.1, 0.15) is 62.1 Å². The van der Waals surface area contributed by atoms with Gasteiger partial charge in [0.25, 0.3) is 0 Å². The standard InChI is InChI=1S/C28H35N3S/c1-3-5-8-13-27-18-24-17-25(14-15-28(24)32-27)30(16-6-4-2)21-26-19-29-22-31(26)20-23-11-9-7-10-12-23/h7,9-12,14-15,17-19,22H,3-6,8,13,16,20-21H2,1-2H3.